The molecule has 6 nitrogen and oxygen atoms in total. The van der Waals surface area contributed by atoms with E-state index in [0.29, 0.717) is 5.75 Å². The number of urea groups is 1. The zero-order valence-electron chi connectivity index (χ0n) is 14.7. The number of benzene rings is 2. The average molecular weight is 354 g/mol. The minimum absolute atomic E-state index is 0.0500. The number of fused-ring (bicyclic) bond motifs is 1. The van der Waals surface area contributed by atoms with Crippen LogP contribution in [0.15, 0.2) is 48.5 Å². The van der Waals surface area contributed by atoms with Crippen LogP contribution in [-0.2, 0) is 6.42 Å². The van der Waals surface area contributed by atoms with Gasteiger partial charge in [-0.2, -0.15) is 0 Å². The Balaban J connectivity index is 1.24. The maximum atomic E-state index is 12.5. The topological polar surface area (TPSA) is 55.2 Å². The fourth-order valence-corrected chi connectivity index (χ4v) is 3.42. The summed E-state index contributed by atoms with van der Waals surface area (Å²) in [5.74, 6) is 1.40. The van der Waals surface area contributed by atoms with Gasteiger partial charge in [-0.15, -0.1) is 0 Å². The van der Waals surface area contributed by atoms with Crippen LogP contribution in [0.1, 0.15) is 5.56 Å². The van der Waals surface area contributed by atoms with Gasteiger partial charge in [-0.25, -0.2) is 4.79 Å². The predicted octanol–water partition coefficient (Wildman–Crippen LogP) is 1.39. The lowest BCUT2D eigenvalue weighted by Crippen LogP contribution is -3.15. The number of piperazine rings is 1. The zero-order valence-corrected chi connectivity index (χ0v) is 14.7. The van der Waals surface area contributed by atoms with Crippen molar-refractivity contribution in [3.05, 3.63) is 54.1 Å². The summed E-state index contributed by atoms with van der Waals surface area (Å²) in [5.41, 5.74) is 2.11. The van der Waals surface area contributed by atoms with E-state index in [1.165, 1.54) is 5.56 Å². The second-order valence-corrected chi connectivity index (χ2v) is 6.72. The molecule has 2 heterocycles. The summed E-state index contributed by atoms with van der Waals surface area (Å²) in [6.45, 7) is 4.88. The summed E-state index contributed by atoms with van der Waals surface area (Å²) in [6.07, 6.45) is 1.08. The third-order valence-electron chi connectivity index (χ3n) is 4.99. The van der Waals surface area contributed by atoms with E-state index in [9.17, 15) is 4.79 Å². The molecule has 0 atom stereocenters. The molecule has 136 valence electrons. The fourth-order valence-electron chi connectivity index (χ4n) is 3.42. The molecule has 2 aliphatic rings. The molecular formula is C20H24N3O3+. The van der Waals surface area contributed by atoms with Crippen molar-refractivity contribution in [1.29, 1.82) is 0 Å². The van der Waals surface area contributed by atoms with Crippen molar-refractivity contribution >= 4 is 11.7 Å². The molecule has 0 radical (unpaired) electrons. The Morgan fingerprint density at radius 1 is 1.04 bits per heavy atom. The number of carbonyl (C=O) groups is 1. The molecule has 2 aromatic carbocycles. The van der Waals surface area contributed by atoms with Crippen LogP contribution in [0.3, 0.4) is 0 Å². The lowest BCUT2D eigenvalue weighted by atomic mass is 10.1. The Bertz CT molecular complexity index is 758. The number of carbonyl (C=O) groups excluding carboxylic acids is 1. The van der Waals surface area contributed by atoms with Crippen LogP contribution >= 0.6 is 0 Å². The first kappa shape index (κ1) is 16.7. The quantitative estimate of drug-likeness (QED) is 0.873. The van der Waals surface area contributed by atoms with Crippen molar-refractivity contribution in [1.82, 2.24) is 4.90 Å². The summed E-state index contributed by atoms with van der Waals surface area (Å²) in [5, 5.41) is 2.96. The molecule has 0 saturated carbocycles. The third kappa shape index (κ3) is 3.91. The van der Waals surface area contributed by atoms with E-state index in [0.717, 1.165) is 50.6 Å². The largest absolute Gasteiger partial charge is 0.454 e. The standard InChI is InChI=1S/C20H23N3O3/c24-20(21-17-6-7-18-19(14-17)26-15-25-18)23-12-10-22(11-13-23)9-8-16-4-2-1-3-5-16/h1-7,14H,8-13,15H2,(H,21,24)/p+1. The average Bonchev–Trinajstić information content (AvgIpc) is 3.15. The van der Waals surface area contributed by atoms with Gasteiger partial charge in [-0.05, 0) is 17.7 Å². The highest BCUT2D eigenvalue weighted by Gasteiger charge is 2.24. The number of nitrogens with one attached hydrogen (secondary N) is 2. The second-order valence-electron chi connectivity index (χ2n) is 6.72. The molecule has 2 aliphatic heterocycles. The van der Waals surface area contributed by atoms with Crippen LogP contribution < -0.4 is 19.7 Å². The molecule has 26 heavy (non-hydrogen) atoms. The first-order valence-electron chi connectivity index (χ1n) is 9.11. The van der Waals surface area contributed by atoms with Crippen molar-refractivity contribution in [2.45, 2.75) is 6.42 Å². The van der Waals surface area contributed by atoms with Crippen molar-refractivity contribution in [3.63, 3.8) is 0 Å². The van der Waals surface area contributed by atoms with E-state index < -0.39 is 0 Å². The van der Waals surface area contributed by atoms with Crippen LogP contribution in [0.2, 0.25) is 0 Å². The maximum absolute atomic E-state index is 12.5. The van der Waals surface area contributed by atoms with Gasteiger partial charge in [0.05, 0.1) is 32.7 Å². The predicted molar refractivity (Wildman–Crippen MR) is 98.9 cm³/mol. The Labute approximate surface area is 153 Å². The number of ether oxygens (including phenoxy) is 2. The monoisotopic (exact) mass is 354 g/mol. The van der Waals surface area contributed by atoms with Gasteiger partial charge >= 0.3 is 6.03 Å². The van der Waals surface area contributed by atoms with Gasteiger partial charge in [-0.3, -0.25) is 0 Å². The zero-order chi connectivity index (χ0) is 17.8. The Hall–Kier alpha value is -2.73. The minimum Gasteiger partial charge on any atom is -0.454 e. The summed E-state index contributed by atoms with van der Waals surface area (Å²) < 4.78 is 10.6. The van der Waals surface area contributed by atoms with Gasteiger partial charge in [0.25, 0.3) is 0 Å². The van der Waals surface area contributed by atoms with Crippen molar-refractivity contribution in [2.75, 3.05) is 44.8 Å². The maximum Gasteiger partial charge on any atom is 0.322 e. The normalized spacial score (nSPS) is 16.5. The van der Waals surface area contributed by atoms with E-state index in [2.05, 4.69) is 29.6 Å². The van der Waals surface area contributed by atoms with E-state index in [1.807, 2.05) is 29.2 Å². The minimum atomic E-state index is -0.0500. The number of rotatable bonds is 4. The molecule has 0 unspecified atom stereocenters. The Morgan fingerprint density at radius 3 is 2.62 bits per heavy atom. The number of anilines is 1. The van der Waals surface area contributed by atoms with Gasteiger partial charge in [0.2, 0.25) is 6.79 Å². The summed E-state index contributed by atoms with van der Waals surface area (Å²) in [4.78, 5) is 15.9. The van der Waals surface area contributed by atoms with Gasteiger partial charge in [0.15, 0.2) is 11.5 Å². The summed E-state index contributed by atoms with van der Waals surface area (Å²) in [6, 6.07) is 16.0. The molecule has 2 aromatic rings. The molecule has 1 fully saturated rings. The van der Waals surface area contributed by atoms with Crippen molar-refractivity contribution < 1.29 is 19.2 Å². The fraction of sp³-hybridized carbons (Fsp3) is 0.350. The van der Waals surface area contributed by atoms with E-state index in [1.54, 1.807) is 4.90 Å². The molecule has 0 bridgehead atoms. The molecule has 0 aliphatic carbocycles. The van der Waals surface area contributed by atoms with E-state index >= 15 is 0 Å². The number of nitrogens with zero attached hydrogens (tertiary/aromatic N) is 1. The highest BCUT2D eigenvalue weighted by Crippen LogP contribution is 2.34. The van der Waals surface area contributed by atoms with E-state index in [4.69, 9.17) is 9.47 Å². The van der Waals surface area contributed by atoms with Crippen LogP contribution in [0.5, 0.6) is 11.5 Å². The SMILES string of the molecule is O=C(Nc1ccc2c(c1)OCO2)N1CC[NH+](CCc2ccccc2)CC1. The number of hydrogen-bond donors (Lipinski definition) is 2. The smallest absolute Gasteiger partial charge is 0.322 e. The molecule has 0 spiro atoms. The van der Waals surface area contributed by atoms with Gasteiger partial charge < -0.3 is 24.6 Å². The first-order valence-corrected chi connectivity index (χ1v) is 9.11. The molecule has 4 rings (SSSR count). The Morgan fingerprint density at radius 2 is 1.81 bits per heavy atom. The lowest BCUT2D eigenvalue weighted by Gasteiger charge is -2.32. The van der Waals surface area contributed by atoms with Crippen molar-refractivity contribution in [2.24, 2.45) is 0 Å². The van der Waals surface area contributed by atoms with Crippen LogP contribution in [0, 0.1) is 0 Å². The molecular weight excluding hydrogens is 330 g/mol. The van der Waals surface area contributed by atoms with Crippen molar-refractivity contribution in [3.8, 4) is 11.5 Å². The van der Waals surface area contributed by atoms with Gasteiger partial charge in [0.1, 0.15) is 0 Å². The van der Waals surface area contributed by atoms with Gasteiger partial charge in [0, 0.05) is 18.2 Å². The summed E-state index contributed by atoms with van der Waals surface area (Å²) in [7, 11) is 0. The molecule has 2 N–H and O–H groups in total. The van der Waals surface area contributed by atoms with Crippen LogP contribution in [-0.4, -0.2) is 50.4 Å². The van der Waals surface area contributed by atoms with E-state index in [-0.39, 0.29) is 12.8 Å². The molecule has 1 saturated heterocycles. The number of amides is 2. The lowest BCUT2D eigenvalue weighted by molar-refractivity contribution is -0.903. The second kappa shape index (κ2) is 7.66. The number of quaternary nitrogens is 1. The first-order chi connectivity index (χ1) is 12.8. The Kier molecular flexibility index (Phi) is 4.93. The molecule has 2 amide bonds. The van der Waals surface area contributed by atoms with Gasteiger partial charge in [-0.1, -0.05) is 30.3 Å². The molecule has 0 aromatic heterocycles. The molecule has 6 heteroatoms. The summed E-state index contributed by atoms with van der Waals surface area (Å²) >= 11 is 0. The third-order valence-corrected chi connectivity index (χ3v) is 4.99. The van der Waals surface area contributed by atoms with Crippen LogP contribution in [0.25, 0.3) is 0 Å². The highest BCUT2D eigenvalue weighted by molar-refractivity contribution is 5.89. The highest BCUT2D eigenvalue weighted by atomic mass is 16.7. The number of hydrogen-bond acceptors (Lipinski definition) is 3. The van der Waals surface area contributed by atoms with Crippen LogP contribution in [0.4, 0.5) is 10.5 Å².